The van der Waals surface area contributed by atoms with Crippen molar-refractivity contribution < 1.29 is 19.1 Å². The van der Waals surface area contributed by atoms with Gasteiger partial charge < -0.3 is 20.4 Å². The molecule has 0 saturated carbocycles. The summed E-state index contributed by atoms with van der Waals surface area (Å²) < 4.78 is 6.79. The van der Waals surface area contributed by atoms with Crippen LogP contribution in [-0.2, 0) is 16.1 Å². The van der Waals surface area contributed by atoms with Crippen LogP contribution in [-0.4, -0.2) is 40.5 Å². The lowest BCUT2D eigenvalue weighted by atomic mass is 10.2. The van der Waals surface area contributed by atoms with Crippen molar-refractivity contribution in [2.24, 2.45) is 5.73 Å². The van der Waals surface area contributed by atoms with Crippen LogP contribution < -0.4 is 11.1 Å². The molecule has 0 aromatic carbocycles. The molecular formula is C16H20N4O4S. The topological polar surface area (TPSA) is 116 Å². The third-order valence-corrected chi connectivity index (χ3v) is 4.38. The summed E-state index contributed by atoms with van der Waals surface area (Å²) in [6.45, 7) is 6.04. The van der Waals surface area contributed by atoms with Crippen molar-refractivity contribution in [2.75, 3.05) is 13.2 Å². The van der Waals surface area contributed by atoms with Gasteiger partial charge >= 0.3 is 5.97 Å². The largest absolute Gasteiger partial charge is 0.461 e. The number of hydrogen-bond donors (Lipinski definition) is 2. The lowest BCUT2D eigenvalue weighted by Gasteiger charge is -2.11. The van der Waals surface area contributed by atoms with Gasteiger partial charge in [0.15, 0.2) is 0 Å². The molecule has 2 aromatic rings. The van der Waals surface area contributed by atoms with Crippen molar-refractivity contribution in [3.05, 3.63) is 27.7 Å². The predicted molar refractivity (Wildman–Crippen MR) is 93.4 cm³/mol. The molecule has 0 unspecified atom stereocenters. The molecule has 25 heavy (non-hydrogen) atoms. The number of nitrogens with one attached hydrogen (secondary N) is 1. The zero-order chi connectivity index (χ0) is 18.6. The van der Waals surface area contributed by atoms with E-state index < -0.39 is 11.9 Å². The van der Waals surface area contributed by atoms with Crippen LogP contribution in [0.15, 0.2) is 11.4 Å². The van der Waals surface area contributed by atoms with Gasteiger partial charge in [-0.25, -0.2) is 9.78 Å². The number of hydrogen-bond acceptors (Lipinski definition) is 6. The summed E-state index contributed by atoms with van der Waals surface area (Å²) in [5.41, 5.74) is 7.69. The van der Waals surface area contributed by atoms with Gasteiger partial charge in [0, 0.05) is 31.1 Å². The predicted octanol–water partition coefficient (Wildman–Crippen LogP) is 1.33. The SMILES string of the molecule is CCOC(=O)c1nc(-c2cc(C(N)=O)c(C)n2CCNC(C)=O)cs1. The van der Waals surface area contributed by atoms with Crippen molar-refractivity contribution in [3.63, 3.8) is 0 Å². The number of aromatic nitrogens is 2. The molecule has 0 aliphatic carbocycles. The van der Waals surface area contributed by atoms with E-state index in [-0.39, 0.29) is 17.5 Å². The molecule has 2 rings (SSSR count). The van der Waals surface area contributed by atoms with Crippen LogP contribution in [0.5, 0.6) is 0 Å². The molecule has 2 aromatic heterocycles. The summed E-state index contributed by atoms with van der Waals surface area (Å²) in [5.74, 6) is -1.17. The van der Waals surface area contributed by atoms with Gasteiger partial charge in [0.25, 0.3) is 5.91 Å². The second-order valence-electron chi connectivity index (χ2n) is 5.29. The summed E-state index contributed by atoms with van der Waals surface area (Å²) in [4.78, 5) is 38.8. The summed E-state index contributed by atoms with van der Waals surface area (Å²) in [6, 6.07) is 1.65. The average Bonchev–Trinajstić information content (AvgIpc) is 3.13. The van der Waals surface area contributed by atoms with E-state index in [1.54, 1.807) is 25.3 Å². The highest BCUT2D eigenvalue weighted by molar-refractivity contribution is 7.11. The van der Waals surface area contributed by atoms with Crippen molar-refractivity contribution >= 4 is 29.1 Å². The Kier molecular flexibility index (Phi) is 5.92. The fourth-order valence-corrected chi connectivity index (χ4v) is 3.12. The van der Waals surface area contributed by atoms with Gasteiger partial charge in [-0.15, -0.1) is 11.3 Å². The van der Waals surface area contributed by atoms with Gasteiger partial charge in [-0.2, -0.15) is 0 Å². The van der Waals surface area contributed by atoms with Gasteiger partial charge in [-0.3, -0.25) is 9.59 Å². The minimum absolute atomic E-state index is 0.139. The maximum absolute atomic E-state index is 11.8. The first kappa shape index (κ1) is 18.7. The average molecular weight is 364 g/mol. The van der Waals surface area contributed by atoms with E-state index in [1.807, 2.05) is 4.57 Å². The molecule has 0 saturated heterocycles. The molecule has 0 bridgehead atoms. The highest BCUT2D eigenvalue weighted by Gasteiger charge is 2.20. The Balaban J connectivity index is 2.38. The minimum atomic E-state index is -0.544. The smallest absolute Gasteiger partial charge is 0.367 e. The second-order valence-corrected chi connectivity index (χ2v) is 6.14. The molecule has 0 fully saturated rings. The van der Waals surface area contributed by atoms with Crippen molar-refractivity contribution in [2.45, 2.75) is 27.3 Å². The highest BCUT2D eigenvalue weighted by Crippen LogP contribution is 2.27. The molecule has 3 N–H and O–H groups in total. The Hall–Kier alpha value is -2.68. The second kappa shape index (κ2) is 7.93. The van der Waals surface area contributed by atoms with E-state index in [0.29, 0.717) is 35.7 Å². The summed E-state index contributed by atoms with van der Waals surface area (Å²) in [6.07, 6.45) is 0. The fraction of sp³-hybridized carbons (Fsp3) is 0.375. The van der Waals surface area contributed by atoms with E-state index in [1.165, 1.54) is 18.3 Å². The summed E-state index contributed by atoms with van der Waals surface area (Å²) in [7, 11) is 0. The monoisotopic (exact) mass is 364 g/mol. The van der Waals surface area contributed by atoms with Gasteiger partial charge in [0.1, 0.15) is 0 Å². The van der Waals surface area contributed by atoms with E-state index in [9.17, 15) is 14.4 Å². The maximum Gasteiger partial charge on any atom is 0.367 e. The summed E-state index contributed by atoms with van der Waals surface area (Å²) >= 11 is 1.17. The molecule has 9 heteroatoms. The molecule has 0 aliphatic rings. The van der Waals surface area contributed by atoms with Crippen LogP contribution in [0.4, 0.5) is 0 Å². The molecular weight excluding hydrogens is 344 g/mol. The molecule has 2 heterocycles. The molecule has 8 nitrogen and oxygen atoms in total. The summed E-state index contributed by atoms with van der Waals surface area (Å²) in [5, 5.41) is 4.67. The van der Waals surface area contributed by atoms with Gasteiger partial charge in [-0.1, -0.05) is 0 Å². The quantitative estimate of drug-likeness (QED) is 0.719. The lowest BCUT2D eigenvalue weighted by molar-refractivity contribution is -0.118. The van der Waals surface area contributed by atoms with Crippen LogP contribution >= 0.6 is 11.3 Å². The molecule has 0 radical (unpaired) electrons. The van der Waals surface area contributed by atoms with E-state index in [4.69, 9.17) is 10.5 Å². The molecule has 2 amide bonds. The van der Waals surface area contributed by atoms with Crippen LogP contribution in [0.3, 0.4) is 0 Å². The normalized spacial score (nSPS) is 10.5. The first-order chi connectivity index (χ1) is 11.8. The number of carbonyl (C=O) groups excluding carboxylic acids is 3. The number of rotatable bonds is 7. The van der Waals surface area contributed by atoms with Crippen molar-refractivity contribution in [3.8, 4) is 11.4 Å². The van der Waals surface area contributed by atoms with Crippen LogP contribution in [0, 0.1) is 6.92 Å². The van der Waals surface area contributed by atoms with Crippen molar-refractivity contribution in [1.29, 1.82) is 0 Å². The lowest BCUT2D eigenvalue weighted by Crippen LogP contribution is -2.25. The number of ether oxygens (including phenoxy) is 1. The zero-order valence-corrected chi connectivity index (χ0v) is 15.1. The number of carbonyl (C=O) groups is 3. The Morgan fingerprint density at radius 2 is 2.12 bits per heavy atom. The highest BCUT2D eigenvalue weighted by atomic mass is 32.1. The zero-order valence-electron chi connectivity index (χ0n) is 14.3. The van der Waals surface area contributed by atoms with Crippen molar-refractivity contribution in [1.82, 2.24) is 14.9 Å². The van der Waals surface area contributed by atoms with E-state index in [2.05, 4.69) is 10.3 Å². The molecule has 0 aliphatic heterocycles. The Morgan fingerprint density at radius 1 is 1.40 bits per heavy atom. The number of esters is 1. The van der Waals surface area contributed by atoms with Gasteiger partial charge in [0.2, 0.25) is 10.9 Å². The Bertz CT molecular complexity index is 809. The van der Waals surface area contributed by atoms with Crippen LogP contribution in [0.25, 0.3) is 11.4 Å². The number of primary amides is 1. The molecule has 134 valence electrons. The number of amides is 2. The van der Waals surface area contributed by atoms with E-state index >= 15 is 0 Å². The van der Waals surface area contributed by atoms with E-state index in [0.717, 1.165) is 0 Å². The number of nitrogens with two attached hydrogens (primary N) is 1. The maximum atomic E-state index is 11.8. The molecule has 0 spiro atoms. The number of nitrogens with zero attached hydrogens (tertiary/aromatic N) is 2. The third kappa shape index (κ3) is 4.24. The Morgan fingerprint density at radius 3 is 2.72 bits per heavy atom. The van der Waals surface area contributed by atoms with Crippen LogP contribution in [0.1, 0.15) is 39.7 Å². The first-order valence-electron chi connectivity index (χ1n) is 7.72. The first-order valence-corrected chi connectivity index (χ1v) is 8.60. The fourth-order valence-electron chi connectivity index (χ4n) is 2.42. The standard InChI is InChI=1S/C16H20N4O4S/c1-4-24-16(23)15-19-12(8-25-15)13-7-11(14(17)22)9(2)20(13)6-5-18-10(3)21/h7-8H,4-6H2,1-3H3,(H2,17,22)(H,18,21). The Labute approximate surface area is 149 Å². The minimum Gasteiger partial charge on any atom is -0.461 e. The van der Waals surface area contributed by atoms with Gasteiger partial charge in [0.05, 0.1) is 23.6 Å². The molecule has 0 atom stereocenters. The van der Waals surface area contributed by atoms with Gasteiger partial charge in [-0.05, 0) is 19.9 Å². The third-order valence-electron chi connectivity index (χ3n) is 3.56. The van der Waals surface area contributed by atoms with Crippen LogP contribution in [0.2, 0.25) is 0 Å². The number of thiazole rings is 1.